The number of esters is 1. The van der Waals surface area contributed by atoms with Gasteiger partial charge in [-0.1, -0.05) is 24.3 Å². The van der Waals surface area contributed by atoms with Gasteiger partial charge in [-0.2, -0.15) is 0 Å². The molecule has 1 saturated heterocycles. The zero-order chi connectivity index (χ0) is 24.9. The number of methoxy groups -OCH3 is 1. The predicted molar refractivity (Wildman–Crippen MR) is 128 cm³/mol. The lowest BCUT2D eigenvalue weighted by molar-refractivity contribution is -0.131. The number of amides is 3. The van der Waals surface area contributed by atoms with Crippen LogP contribution < -0.4 is 5.32 Å². The van der Waals surface area contributed by atoms with Gasteiger partial charge in [-0.3, -0.25) is 14.5 Å². The van der Waals surface area contributed by atoms with Crippen LogP contribution in [-0.2, 0) is 21.5 Å². The highest BCUT2D eigenvalue weighted by Crippen LogP contribution is 2.41. The molecule has 2 heterocycles. The standard InChI is InChI=1S/C27H25N3O5/c1-16-14-21(17(2)30(16)20-10-8-19(9-11-20)24(32)35-3)23(31)15-29-25(33)27(28-26(29)34)13-12-18-6-4-5-7-22(18)27/h4-11,14H,12-13,15H2,1-3H3,(H,28,34). The van der Waals surface area contributed by atoms with Crippen LogP contribution in [0.15, 0.2) is 54.6 Å². The molecule has 1 aliphatic heterocycles. The van der Waals surface area contributed by atoms with E-state index in [1.165, 1.54) is 7.11 Å². The van der Waals surface area contributed by atoms with Gasteiger partial charge in [0.25, 0.3) is 5.91 Å². The average molecular weight is 472 g/mol. The Kier molecular flexibility index (Phi) is 5.31. The molecule has 1 aliphatic carbocycles. The maximum Gasteiger partial charge on any atom is 0.337 e. The number of ketones is 1. The van der Waals surface area contributed by atoms with Crippen molar-refractivity contribution in [3.8, 4) is 5.69 Å². The van der Waals surface area contributed by atoms with Crippen molar-refractivity contribution in [3.63, 3.8) is 0 Å². The summed E-state index contributed by atoms with van der Waals surface area (Å²) < 4.78 is 6.64. The Hall–Kier alpha value is -4.20. The van der Waals surface area contributed by atoms with E-state index in [1.54, 1.807) is 30.3 Å². The molecule has 178 valence electrons. The third kappa shape index (κ3) is 3.44. The maximum absolute atomic E-state index is 13.4. The number of aromatic nitrogens is 1. The van der Waals surface area contributed by atoms with E-state index < -0.39 is 17.5 Å². The van der Waals surface area contributed by atoms with Crippen molar-refractivity contribution in [1.82, 2.24) is 14.8 Å². The highest BCUT2D eigenvalue weighted by Gasteiger charge is 2.55. The topological polar surface area (TPSA) is 97.7 Å². The zero-order valence-electron chi connectivity index (χ0n) is 19.8. The van der Waals surface area contributed by atoms with Crippen LogP contribution >= 0.6 is 0 Å². The summed E-state index contributed by atoms with van der Waals surface area (Å²) in [5, 5.41) is 2.86. The molecule has 3 amide bonds. The molecule has 35 heavy (non-hydrogen) atoms. The number of ether oxygens (including phenoxy) is 1. The number of hydrogen-bond donors (Lipinski definition) is 1. The number of imide groups is 1. The van der Waals surface area contributed by atoms with Gasteiger partial charge >= 0.3 is 12.0 Å². The van der Waals surface area contributed by atoms with Gasteiger partial charge in [0.1, 0.15) is 5.54 Å². The van der Waals surface area contributed by atoms with Crippen molar-refractivity contribution in [1.29, 1.82) is 0 Å². The number of aryl methyl sites for hydroxylation is 2. The Bertz CT molecular complexity index is 1390. The number of fused-ring (bicyclic) bond motifs is 2. The SMILES string of the molecule is COC(=O)c1ccc(-n2c(C)cc(C(=O)CN3C(=O)NC4(CCc5ccccc54)C3=O)c2C)cc1. The molecule has 1 atom stereocenters. The minimum Gasteiger partial charge on any atom is -0.465 e. The highest BCUT2D eigenvalue weighted by atomic mass is 16.5. The van der Waals surface area contributed by atoms with Crippen LogP contribution in [0.5, 0.6) is 0 Å². The van der Waals surface area contributed by atoms with Crippen LogP contribution in [0, 0.1) is 13.8 Å². The fourth-order valence-corrected chi connectivity index (χ4v) is 5.27. The summed E-state index contributed by atoms with van der Waals surface area (Å²) in [6, 6.07) is 15.7. The third-order valence-electron chi connectivity index (χ3n) is 7.00. The molecule has 8 nitrogen and oxygen atoms in total. The summed E-state index contributed by atoms with van der Waals surface area (Å²) >= 11 is 0. The lowest BCUT2D eigenvalue weighted by Gasteiger charge is -2.22. The number of benzene rings is 2. The lowest BCUT2D eigenvalue weighted by atomic mass is 9.92. The molecule has 1 unspecified atom stereocenters. The van der Waals surface area contributed by atoms with Crippen molar-refractivity contribution in [2.45, 2.75) is 32.2 Å². The summed E-state index contributed by atoms with van der Waals surface area (Å²) in [5.41, 5.74) is 3.90. The largest absolute Gasteiger partial charge is 0.465 e. The number of nitrogens with zero attached hydrogens (tertiary/aromatic N) is 2. The van der Waals surface area contributed by atoms with Gasteiger partial charge in [0, 0.05) is 22.6 Å². The Labute approximate surface area is 202 Å². The smallest absolute Gasteiger partial charge is 0.337 e. The number of rotatable bonds is 5. The second kappa shape index (κ2) is 8.23. The first-order valence-electron chi connectivity index (χ1n) is 11.4. The second-order valence-electron chi connectivity index (χ2n) is 8.97. The van der Waals surface area contributed by atoms with Gasteiger partial charge in [-0.05, 0) is 68.1 Å². The van der Waals surface area contributed by atoms with E-state index >= 15 is 0 Å². The van der Waals surface area contributed by atoms with Gasteiger partial charge in [0.05, 0.1) is 19.2 Å². The first-order chi connectivity index (χ1) is 16.8. The number of urea groups is 1. The fourth-order valence-electron chi connectivity index (χ4n) is 5.27. The van der Waals surface area contributed by atoms with Gasteiger partial charge < -0.3 is 14.6 Å². The van der Waals surface area contributed by atoms with Crippen LogP contribution in [0.2, 0.25) is 0 Å². The molecule has 8 heteroatoms. The number of Topliss-reactive ketones (excluding diaryl/α,β-unsaturated/α-hetero) is 1. The molecular weight excluding hydrogens is 446 g/mol. The zero-order valence-corrected chi connectivity index (χ0v) is 19.8. The predicted octanol–water partition coefficient (Wildman–Crippen LogP) is 3.46. The summed E-state index contributed by atoms with van der Waals surface area (Å²) in [7, 11) is 1.33. The number of hydrogen-bond acceptors (Lipinski definition) is 5. The molecule has 0 saturated carbocycles. The quantitative estimate of drug-likeness (QED) is 0.349. The molecule has 5 rings (SSSR count). The Morgan fingerprint density at radius 2 is 1.77 bits per heavy atom. The highest BCUT2D eigenvalue weighted by molar-refractivity contribution is 6.12. The van der Waals surface area contributed by atoms with Gasteiger partial charge in [-0.15, -0.1) is 0 Å². The normalized spacial score (nSPS) is 18.7. The summed E-state index contributed by atoms with van der Waals surface area (Å²) in [6.07, 6.45) is 1.18. The lowest BCUT2D eigenvalue weighted by Crippen LogP contribution is -2.42. The van der Waals surface area contributed by atoms with Crippen molar-refractivity contribution in [2.24, 2.45) is 0 Å². The van der Waals surface area contributed by atoms with Crippen molar-refractivity contribution >= 4 is 23.7 Å². The van der Waals surface area contributed by atoms with Crippen molar-refractivity contribution < 1.29 is 23.9 Å². The number of nitrogens with one attached hydrogen (secondary N) is 1. The van der Waals surface area contributed by atoms with Gasteiger partial charge in [0.15, 0.2) is 5.78 Å². The van der Waals surface area contributed by atoms with E-state index in [0.717, 1.165) is 27.4 Å². The molecule has 0 radical (unpaired) electrons. The summed E-state index contributed by atoms with van der Waals surface area (Å²) in [6.45, 7) is 3.35. The van der Waals surface area contributed by atoms with E-state index in [-0.39, 0.29) is 18.2 Å². The minimum atomic E-state index is -1.09. The summed E-state index contributed by atoms with van der Waals surface area (Å²) in [5.74, 6) is -1.13. The van der Waals surface area contributed by atoms with Crippen LogP contribution in [0.25, 0.3) is 5.69 Å². The molecule has 0 bridgehead atoms. The second-order valence-corrected chi connectivity index (χ2v) is 8.97. The molecule has 1 fully saturated rings. The van der Waals surface area contributed by atoms with Crippen molar-refractivity contribution in [2.75, 3.05) is 13.7 Å². The molecule has 1 N–H and O–H groups in total. The van der Waals surface area contributed by atoms with E-state index in [9.17, 15) is 19.2 Å². The summed E-state index contributed by atoms with van der Waals surface area (Å²) in [4.78, 5) is 52.3. The minimum absolute atomic E-state index is 0.317. The van der Waals surface area contributed by atoms with E-state index in [2.05, 4.69) is 5.32 Å². The van der Waals surface area contributed by atoms with E-state index in [1.807, 2.05) is 42.7 Å². The van der Waals surface area contributed by atoms with Crippen LogP contribution in [0.4, 0.5) is 4.79 Å². The Morgan fingerprint density at radius 1 is 1.06 bits per heavy atom. The third-order valence-corrected chi connectivity index (χ3v) is 7.00. The first-order valence-corrected chi connectivity index (χ1v) is 11.4. The average Bonchev–Trinajstić information content (AvgIpc) is 3.46. The first kappa shape index (κ1) is 22.6. The van der Waals surface area contributed by atoms with E-state index in [0.29, 0.717) is 29.7 Å². The molecule has 1 spiro atoms. The number of carbonyl (C=O) groups is 4. The van der Waals surface area contributed by atoms with Crippen molar-refractivity contribution in [3.05, 3.63) is 88.2 Å². The molecule has 2 aliphatic rings. The van der Waals surface area contributed by atoms with Crippen LogP contribution in [-0.4, -0.2) is 46.8 Å². The molecule has 1 aromatic heterocycles. The van der Waals surface area contributed by atoms with Crippen LogP contribution in [0.1, 0.15) is 49.7 Å². The fraction of sp³-hybridized carbons (Fsp3) is 0.259. The number of carbonyl (C=O) groups excluding carboxylic acids is 4. The monoisotopic (exact) mass is 471 g/mol. The Balaban J connectivity index is 1.40. The molecular formula is C27H25N3O5. The van der Waals surface area contributed by atoms with Crippen LogP contribution in [0.3, 0.4) is 0 Å². The molecule has 2 aromatic carbocycles. The molecule has 3 aromatic rings. The maximum atomic E-state index is 13.4. The van der Waals surface area contributed by atoms with Gasteiger partial charge in [-0.25, -0.2) is 9.59 Å². The van der Waals surface area contributed by atoms with E-state index in [4.69, 9.17) is 4.74 Å². The Morgan fingerprint density at radius 3 is 2.49 bits per heavy atom. The van der Waals surface area contributed by atoms with Gasteiger partial charge in [0.2, 0.25) is 0 Å².